The average Bonchev–Trinajstić information content (AvgIpc) is 3.28. The molecule has 32 heavy (non-hydrogen) atoms. The Morgan fingerprint density at radius 3 is 2.28 bits per heavy atom. The van der Waals surface area contributed by atoms with E-state index in [1.54, 1.807) is 4.68 Å². The molecule has 2 aromatic carbocycles. The Bertz CT molecular complexity index is 1280. The van der Waals surface area contributed by atoms with Crippen molar-refractivity contribution < 1.29 is 4.79 Å². The average molecular weight is 447 g/mol. The Hall–Kier alpha value is -3.59. The first-order chi connectivity index (χ1) is 15.7. The first-order valence-corrected chi connectivity index (χ1v) is 11.4. The smallest absolute Gasteiger partial charge is 0.262 e. The molecule has 1 saturated heterocycles. The molecule has 3 heterocycles. The highest BCUT2D eigenvalue weighted by Crippen LogP contribution is 2.19. The quantitative estimate of drug-likeness (QED) is 0.375. The Kier molecular flexibility index (Phi) is 5.64. The Morgan fingerprint density at radius 1 is 0.938 bits per heavy atom. The highest BCUT2D eigenvalue weighted by molar-refractivity contribution is 7.99. The molecule has 9 heteroatoms. The van der Waals surface area contributed by atoms with Crippen molar-refractivity contribution in [2.24, 2.45) is 0 Å². The zero-order valence-corrected chi connectivity index (χ0v) is 18.2. The number of H-pyrrole nitrogens is 1. The minimum absolute atomic E-state index is 0.0435. The molecule has 1 N–H and O–H groups in total. The lowest BCUT2D eigenvalue weighted by molar-refractivity contribution is -0.128. The fourth-order valence-corrected chi connectivity index (χ4v) is 4.56. The molecule has 8 nitrogen and oxygen atoms in total. The van der Waals surface area contributed by atoms with E-state index in [4.69, 9.17) is 0 Å². The molecule has 5 rings (SSSR count). The molecule has 0 aliphatic carbocycles. The van der Waals surface area contributed by atoms with Gasteiger partial charge in [-0.25, -0.2) is 9.67 Å². The number of carbonyl (C=O) groups excluding carboxylic acids is 1. The number of nitrogens with one attached hydrogen (secondary N) is 1. The first kappa shape index (κ1) is 20.3. The van der Waals surface area contributed by atoms with Crippen molar-refractivity contribution in [1.29, 1.82) is 0 Å². The van der Waals surface area contributed by atoms with E-state index in [1.165, 1.54) is 23.6 Å². The van der Waals surface area contributed by atoms with Gasteiger partial charge in [-0.3, -0.25) is 9.59 Å². The van der Waals surface area contributed by atoms with Crippen molar-refractivity contribution in [3.8, 4) is 5.69 Å². The van der Waals surface area contributed by atoms with E-state index in [1.807, 2.05) is 53.4 Å². The summed E-state index contributed by atoms with van der Waals surface area (Å²) in [5, 5.41) is 5.14. The van der Waals surface area contributed by atoms with Gasteiger partial charge in [-0.05, 0) is 24.3 Å². The number of piperazine rings is 1. The Morgan fingerprint density at radius 2 is 1.59 bits per heavy atom. The number of hydrogen-bond acceptors (Lipinski definition) is 6. The molecule has 0 saturated carbocycles. The zero-order valence-electron chi connectivity index (χ0n) is 17.3. The summed E-state index contributed by atoms with van der Waals surface area (Å²) in [6.07, 6.45) is 1.51. The molecule has 1 aliphatic rings. The highest BCUT2D eigenvalue weighted by atomic mass is 32.2. The topological polar surface area (TPSA) is 87.1 Å². The number of rotatable bonds is 5. The maximum absolute atomic E-state index is 12.8. The van der Waals surface area contributed by atoms with Gasteiger partial charge in [-0.15, -0.1) is 0 Å². The van der Waals surface area contributed by atoms with Gasteiger partial charge in [0.05, 0.1) is 17.6 Å². The van der Waals surface area contributed by atoms with Crippen molar-refractivity contribution >= 4 is 34.4 Å². The molecule has 0 radical (unpaired) electrons. The van der Waals surface area contributed by atoms with Crippen LogP contribution in [0.5, 0.6) is 0 Å². The van der Waals surface area contributed by atoms with Crippen LogP contribution >= 0.6 is 11.8 Å². The van der Waals surface area contributed by atoms with Crippen LogP contribution in [0.1, 0.15) is 0 Å². The molecular formula is C23H22N6O2S. The molecule has 1 fully saturated rings. The van der Waals surface area contributed by atoms with E-state index in [2.05, 4.69) is 32.1 Å². The molecule has 0 atom stereocenters. The predicted octanol–water partition coefficient (Wildman–Crippen LogP) is 2.55. The number of thioether (sulfide) groups is 1. The number of hydrogen-bond donors (Lipinski definition) is 1. The first-order valence-electron chi connectivity index (χ1n) is 10.4. The predicted molar refractivity (Wildman–Crippen MR) is 125 cm³/mol. The van der Waals surface area contributed by atoms with Gasteiger partial charge >= 0.3 is 0 Å². The zero-order chi connectivity index (χ0) is 21.9. The third-order valence-corrected chi connectivity index (χ3v) is 6.36. The van der Waals surface area contributed by atoms with Crippen molar-refractivity contribution in [3.63, 3.8) is 0 Å². The van der Waals surface area contributed by atoms with E-state index >= 15 is 0 Å². The van der Waals surface area contributed by atoms with Crippen LogP contribution in [0, 0.1) is 0 Å². The van der Waals surface area contributed by atoms with Crippen molar-refractivity contribution in [1.82, 2.24) is 24.6 Å². The number of nitrogens with zero attached hydrogens (tertiary/aromatic N) is 5. The van der Waals surface area contributed by atoms with Gasteiger partial charge in [0.25, 0.3) is 5.56 Å². The molecular weight excluding hydrogens is 424 g/mol. The summed E-state index contributed by atoms with van der Waals surface area (Å²) in [5.74, 6) is 0.265. The molecule has 4 aromatic rings. The van der Waals surface area contributed by atoms with E-state index in [0.717, 1.165) is 18.8 Å². The maximum Gasteiger partial charge on any atom is 0.262 e. The number of benzene rings is 2. The Labute approximate surface area is 188 Å². The van der Waals surface area contributed by atoms with Gasteiger partial charge in [0, 0.05) is 31.9 Å². The molecule has 2 aromatic heterocycles. The van der Waals surface area contributed by atoms with Crippen LogP contribution in [0.25, 0.3) is 16.7 Å². The molecule has 0 spiro atoms. The summed E-state index contributed by atoms with van der Waals surface area (Å²) in [4.78, 5) is 36.7. The molecule has 162 valence electrons. The van der Waals surface area contributed by atoms with Crippen molar-refractivity contribution in [2.45, 2.75) is 5.16 Å². The number of amides is 1. The molecule has 1 aliphatic heterocycles. The summed E-state index contributed by atoms with van der Waals surface area (Å²) in [5.41, 5.74) is 2.22. The van der Waals surface area contributed by atoms with Gasteiger partial charge in [-0.2, -0.15) is 5.10 Å². The SMILES string of the molecule is O=C(CSc1nc2c(cnn2-c2ccccc2)c(=O)[nH]1)N1CCN(c2ccccc2)CC1. The summed E-state index contributed by atoms with van der Waals surface area (Å²) >= 11 is 1.24. The van der Waals surface area contributed by atoms with E-state index in [9.17, 15) is 9.59 Å². The van der Waals surface area contributed by atoms with Crippen molar-refractivity contribution in [2.75, 3.05) is 36.8 Å². The number of anilines is 1. The van der Waals surface area contributed by atoms with Gasteiger partial charge in [0.2, 0.25) is 5.91 Å². The van der Waals surface area contributed by atoms with Crippen LogP contribution in [-0.2, 0) is 4.79 Å². The van der Waals surface area contributed by atoms with E-state index in [0.29, 0.717) is 29.3 Å². The normalized spacial score (nSPS) is 14.1. The van der Waals surface area contributed by atoms with Gasteiger partial charge in [0.15, 0.2) is 10.8 Å². The Balaban J connectivity index is 1.25. The standard InChI is InChI=1S/C23H22N6O2S/c30-20(28-13-11-27(12-14-28)17-7-3-1-4-8-17)16-32-23-25-21-19(22(31)26-23)15-24-29(21)18-9-5-2-6-10-18/h1-10,15H,11-14,16H2,(H,25,26,31). The number of fused-ring (bicyclic) bond motifs is 1. The summed E-state index contributed by atoms with van der Waals surface area (Å²) < 4.78 is 1.64. The minimum Gasteiger partial charge on any atom is -0.368 e. The van der Waals surface area contributed by atoms with Crippen molar-refractivity contribution in [3.05, 3.63) is 77.2 Å². The monoisotopic (exact) mass is 446 g/mol. The number of aromatic amines is 1. The minimum atomic E-state index is -0.261. The van der Waals surface area contributed by atoms with Crippen LogP contribution in [0.3, 0.4) is 0 Å². The highest BCUT2D eigenvalue weighted by Gasteiger charge is 2.22. The second-order valence-corrected chi connectivity index (χ2v) is 8.46. The molecule has 0 unspecified atom stereocenters. The van der Waals surface area contributed by atoms with Crippen LogP contribution in [0.2, 0.25) is 0 Å². The van der Waals surface area contributed by atoms with E-state index in [-0.39, 0.29) is 17.2 Å². The van der Waals surface area contributed by atoms with Crippen LogP contribution in [0.4, 0.5) is 5.69 Å². The summed E-state index contributed by atoms with van der Waals surface area (Å²) in [7, 11) is 0. The summed E-state index contributed by atoms with van der Waals surface area (Å²) in [6, 6.07) is 19.8. The number of aromatic nitrogens is 4. The molecule has 0 bridgehead atoms. The second kappa shape index (κ2) is 8.88. The lowest BCUT2D eigenvalue weighted by atomic mass is 10.2. The fourth-order valence-electron chi connectivity index (χ4n) is 3.80. The van der Waals surface area contributed by atoms with Crippen LogP contribution in [0.15, 0.2) is 76.8 Å². The third-order valence-electron chi connectivity index (χ3n) is 5.50. The largest absolute Gasteiger partial charge is 0.368 e. The second-order valence-electron chi connectivity index (χ2n) is 7.49. The summed E-state index contributed by atoms with van der Waals surface area (Å²) in [6.45, 7) is 2.96. The fraction of sp³-hybridized carbons (Fsp3) is 0.217. The lowest BCUT2D eigenvalue weighted by Gasteiger charge is -2.36. The van der Waals surface area contributed by atoms with E-state index < -0.39 is 0 Å². The van der Waals surface area contributed by atoms with Gasteiger partial charge in [0.1, 0.15) is 5.39 Å². The maximum atomic E-state index is 12.8. The van der Waals surface area contributed by atoms with Crippen LogP contribution in [-0.4, -0.2) is 62.5 Å². The third kappa shape index (κ3) is 4.11. The van der Waals surface area contributed by atoms with Crippen LogP contribution < -0.4 is 10.5 Å². The molecule has 1 amide bonds. The van der Waals surface area contributed by atoms with Gasteiger partial charge < -0.3 is 14.8 Å². The number of carbonyl (C=O) groups is 1. The lowest BCUT2D eigenvalue weighted by Crippen LogP contribution is -2.49. The number of para-hydroxylation sites is 2. The van der Waals surface area contributed by atoms with Gasteiger partial charge in [-0.1, -0.05) is 48.2 Å².